The third-order valence-corrected chi connectivity index (χ3v) is 4.72. The van der Waals surface area contributed by atoms with E-state index in [1.807, 2.05) is 6.26 Å². The molecule has 0 fully saturated rings. The first-order chi connectivity index (χ1) is 13.5. The number of carboxylic acid groups (broad SMARTS) is 1. The van der Waals surface area contributed by atoms with E-state index in [1.54, 1.807) is 13.8 Å². The van der Waals surface area contributed by atoms with Crippen molar-refractivity contribution in [2.75, 3.05) is 18.6 Å². The van der Waals surface area contributed by atoms with Crippen molar-refractivity contribution in [1.82, 2.24) is 16.0 Å². The Kier molecular flexibility index (Phi) is 12.5. The molecule has 168 valence electrons. The summed E-state index contributed by atoms with van der Waals surface area (Å²) in [5.41, 5.74) is 5.77. The molecule has 8 N–H and O–H groups in total. The summed E-state index contributed by atoms with van der Waals surface area (Å²) in [6, 6.07) is -4.90. The summed E-state index contributed by atoms with van der Waals surface area (Å²) in [7, 11) is 0. The maximum absolute atomic E-state index is 12.6. The van der Waals surface area contributed by atoms with E-state index in [9.17, 15) is 24.3 Å². The van der Waals surface area contributed by atoms with Gasteiger partial charge in [-0.2, -0.15) is 11.8 Å². The number of aliphatic hydroxyl groups is 2. The summed E-state index contributed by atoms with van der Waals surface area (Å²) in [4.78, 5) is 48.1. The predicted octanol–water partition coefficient (Wildman–Crippen LogP) is -2.37. The first-order valence-electron chi connectivity index (χ1n) is 9.13. The van der Waals surface area contributed by atoms with Crippen LogP contribution in [0, 0.1) is 5.92 Å². The van der Waals surface area contributed by atoms with Crippen LogP contribution in [-0.2, 0) is 19.2 Å². The molecule has 0 aromatic carbocycles. The summed E-state index contributed by atoms with van der Waals surface area (Å²) in [5, 5.41) is 34.8. The van der Waals surface area contributed by atoms with Crippen molar-refractivity contribution >= 4 is 35.5 Å². The molecular weight excluding hydrogens is 404 g/mol. The Balaban J connectivity index is 5.21. The molecule has 11 nitrogen and oxygen atoms in total. The molecule has 29 heavy (non-hydrogen) atoms. The summed E-state index contributed by atoms with van der Waals surface area (Å²) in [6.45, 7) is 3.72. The van der Waals surface area contributed by atoms with E-state index in [0.29, 0.717) is 12.2 Å². The van der Waals surface area contributed by atoms with E-state index in [-0.39, 0.29) is 0 Å². The molecule has 0 aliphatic heterocycles. The van der Waals surface area contributed by atoms with Crippen molar-refractivity contribution in [3.05, 3.63) is 0 Å². The van der Waals surface area contributed by atoms with Gasteiger partial charge in [0.05, 0.1) is 18.8 Å². The zero-order chi connectivity index (χ0) is 22.7. The van der Waals surface area contributed by atoms with Crippen LogP contribution in [0.3, 0.4) is 0 Å². The molecule has 5 atom stereocenters. The van der Waals surface area contributed by atoms with Gasteiger partial charge in [-0.3, -0.25) is 14.4 Å². The summed E-state index contributed by atoms with van der Waals surface area (Å²) in [6.07, 6.45) is 0.974. The Morgan fingerprint density at radius 1 is 0.966 bits per heavy atom. The normalized spacial score (nSPS) is 16.3. The predicted molar refractivity (Wildman–Crippen MR) is 108 cm³/mol. The molecular formula is C17H32N4O7S. The highest BCUT2D eigenvalue weighted by molar-refractivity contribution is 7.98. The van der Waals surface area contributed by atoms with Crippen LogP contribution in [0.2, 0.25) is 0 Å². The van der Waals surface area contributed by atoms with Crippen molar-refractivity contribution in [2.24, 2.45) is 11.7 Å². The Morgan fingerprint density at radius 3 is 1.90 bits per heavy atom. The lowest BCUT2D eigenvalue weighted by atomic mass is 10.0. The zero-order valence-electron chi connectivity index (χ0n) is 17.0. The van der Waals surface area contributed by atoms with Crippen LogP contribution < -0.4 is 21.7 Å². The molecule has 0 rings (SSSR count). The number of nitrogens with two attached hydrogens (primary N) is 1. The number of hydrogen-bond donors (Lipinski definition) is 7. The van der Waals surface area contributed by atoms with E-state index in [0.717, 1.165) is 0 Å². The molecule has 0 aromatic rings. The topological polar surface area (TPSA) is 191 Å². The number of carboxylic acids is 1. The molecule has 0 aliphatic carbocycles. The molecule has 0 heterocycles. The number of thioether (sulfide) groups is 1. The van der Waals surface area contributed by atoms with Crippen molar-refractivity contribution < 1.29 is 34.5 Å². The largest absolute Gasteiger partial charge is 0.480 e. The van der Waals surface area contributed by atoms with Gasteiger partial charge in [-0.25, -0.2) is 4.79 Å². The number of rotatable bonds is 13. The third kappa shape index (κ3) is 9.43. The number of aliphatic hydroxyl groups excluding tert-OH is 2. The molecule has 0 aromatic heterocycles. The third-order valence-electron chi connectivity index (χ3n) is 4.08. The van der Waals surface area contributed by atoms with Crippen LogP contribution in [0.15, 0.2) is 0 Å². The Bertz CT molecular complexity index is 574. The van der Waals surface area contributed by atoms with Gasteiger partial charge in [0, 0.05) is 0 Å². The fourth-order valence-corrected chi connectivity index (χ4v) is 2.76. The second-order valence-electron chi connectivity index (χ2n) is 6.93. The van der Waals surface area contributed by atoms with Gasteiger partial charge in [0.15, 0.2) is 0 Å². The quantitative estimate of drug-likeness (QED) is 0.165. The van der Waals surface area contributed by atoms with Crippen LogP contribution in [0.1, 0.15) is 27.2 Å². The lowest BCUT2D eigenvalue weighted by Crippen LogP contribution is -2.61. The van der Waals surface area contributed by atoms with Crippen molar-refractivity contribution in [3.63, 3.8) is 0 Å². The fraction of sp³-hybridized carbons (Fsp3) is 0.765. The SMILES string of the molecule is CSCCC(N)C(=O)NC(C(=O)NC(C(=O)NC(CO)C(=O)O)C(C)C)C(C)O. The first-order valence-corrected chi connectivity index (χ1v) is 10.5. The molecule has 0 radical (unpaired) electrons. The number of carbonyl (C=O) groups excluding carboxylic acids is 3. The van der Waals surface area contributed by atoms with Gasteiger partial charge in [0.25, 0.3) is 0 Å². The minimum absolute atomic E-state index is 0.385. The van der Waals surface area contributed by atoms with Gasteiger partial charge in [-0.1, -0.05) is 13.8 Å². The van der Waals surface area contributed by atoms with Crippen molar-refractivity contribution in [2.45, 2.75) is 57.5 Å². The zero-order valence-corrected chi connectivity index (χ0v) is 17.9. The lowest BCUT2D eigenvalue weighted by molar-refractivity contribution is -0.143. The highest BCUT2D eigenvalue weighted by Gasteiger charge is 2.33. The summed E-state index contributed by atoms with van der Waals surface area (Å²) < 4.78 is 0. The molecule has 0 bridgehead atoms. The van der Waals surface area contributed by atoms with Gasteiger partial charge in [0.1, 0.15) is 18.1 Å². The van der Waals surface area contributed by atoms with Crippen LogP contribution in [0.5, 0.6) is 0 Å². The van der Waals surface area contributed by atoms with Crippen LogP contribution in [-0.4, -0.2) is 87.9 Å². The fourth-order valence-electron chi connectivity index (χ4n) is 2.27. The molecule has 12 heteroatoms. The van der Waals surface area contributed by atoms with E-state index in [4.69, 9.17) is 15.9 Å². The average Bonchev–Trinajstić information content (AvgIpc) is 2.64. The highest BCUT2D eigenvalue weighted by atomic mass is 32.2. The molecule has 0 spiro atoms. The molecule has 5 unspecified atom stereocenters. The second kappa shape index (κ2) is 13.4. The van der Waals surface area contributed by atoms with Crippen LogP contribution in [0.4, 0.5) is 0 Å². The highest BCUT2D eigenvalue weighted by Crippen LogP contribution is 2.06. The Labute approximate surface area is 174 Å². The number of hydrogen-bond acceptors (Lipinski definition) is 8. The number of amides is 3. The lowest BCUT2D eigenvalue weighted by Gasteiger charge is -2.27. The standard InChI is InChI=1S/C17H32N4O7S/c1-8(2)12(15(25)19-11(7-22)17(27)28)20-16(26)13(9(3)23)21-14(24)10(18)5-6-29-4/h8-13,22-23H,5-7,18H2,1-4H3,(H,19,25)(H,20,26)(H,21,24)(H,27,28). The first kappa shape index (κ1) is 27.1. The molecule has 0 saturated carbocycles. The number of carbonyl (C=O) groups is 4. The van der Waals surface area contributed by atoms with Crippen LogP contribution in [0.25, 0.3) is 0 Å². The van der Waals surface area contributed by atoms with Gasteiger partial charge in [0.2, 0.25) is 17.7 Å². The smallest absolute Gasteiger partial charge is 0.328 e. The molecule has 3 amide bonds. The minimum atomic E-state index is -1.53. The number of aliphatic carboxylic acids is 1. The molecule has 0 aliphatic rings. The Hall–Kier alpha value is -1.89. The maximum atomic E-state index is 12.6. The molecule has 0 saturated heterocycles. The van der Waals surface area contributed by atoms with Crippen LogP contribution >= 0.6 is 11.8 Å². The van der Waals surface area contributed by atoms with E-state index >= 15 is 0 Å². The van der Waals surface area contributed by atoms with E-state index < -0.39 is 66.5 Å². The van der Waals surface area contributed by atoms with Gasteiger partial charge in [-0.05, 0) is 31.3 Å². The number of nitrogens with one attached hydrogen (secondary N) is 3. The van der Waals surface area contributed by atoms with Gasteiger partial charge < -0.3 is 37.0 Å². The van der Waals surface area contributed by atoms with Gasteiger partial charge in [-0.15, -0.1) is 0 Å². The van der Waals surface area contributed by atoms with E-state index in [2.05, 4.69) is 16.0 Å². The summed E-state index contributed by atoms with van der Waals surface area (Å²) in [5.74, 6) is -3.48. The van der Waals surface area contributed by atoms with Gasteiger partial charge >= 0.3 is 5.97 Å². The van der Waals surface area contributed by atoms with Crippen molar-refractivity contribution in [3.8, 4) is 0 Å². The Morgan fingerprint density at radius 2 is 1.48 bits per heavy atom. The summed E-state index contributed by atoms with van der Waals surface area (Å²) >= 11 is 1.51. The monoisotopic (exact) mass is 436 g/mol. The van der Waals surface area contributed by atoms with Crippen molar-refractivity contribution in [1.29, 1.82) is 0 Å². The minimum Gasteiger partial charge on any atom is -0.480 e. The second-order valence-corrected chi connectivity index (χ2v) is 7.91. The maximum Gasteiger partial charge on any atom is 0.328 e. The van der Waals surface area contributed by atoms with E-state index in [1.165, 1.54) is 18.7 Å². The average molecular weight is 437 g/mol.